The van der Waals surface area contributed by atoms with Gasteiger partial charge in [-0.25, -0.2) is 12.8 Å². The molecule has 116 valence electrons. The molecule has 0 N–H and O–H groups in total. The molecule has 0 bridgehead atoms. The summed E-state index contributed by atoms with van der Waals surface area (Å²) in [6.45, 7) is 0.330. The first-order chi connectivity index (χ1) is 10.1. The number of nitrogens with zero attached hydrogens (tertiary/aromatic N) is 1. The van der Waals surface area contributed by atoms with E-state index in [1.165, 1.54) is 10.4 Å². The third kappa shape index (κ3) is 3.12. The van der Waals surface area contributed by atoms with Gasteiger partial charge in [0.25, 0.3) is 0 Å². The molecule has 0 amide bonds. The van der Waals surface area contributed by atoms with E-state index < -0.39 is 10.0 Å². The van der Waals surface area contributed by atoms with Crippen LogP contribution in [0, 0.1) is 5.82 Å². The largest absolute Gasteiger partial charge is 0.375 e. The van der Waals surface area contributed by atoms with E-state index in [2.05, 4.69) is 0 Å². The molecule has 2 fully saturated rings. The summed E-state index contributed by atoms with van der Waals surface area (Å²) in [4.78, 5) is 0. The molecule has 6 heteroatoms. The van der Waals surface area contributed by atoms with Crippen LogP contribution in [0.15, 0.2) is 24.3 Å². The summed E-state index contributed by atoms with van der Waals surface area (Å²) in [5, 5.41) is 0. The highest BCUT2D eigenvalue weighted by Gasteiger charge is 2.40. The Bertz CT molecular complexity index is 605. The maximum absolute atomic E-state index is 13.9. The van der Waals surface area contributed by atoms with Crippen LogP contribution in [0.3, 0.4) is 0 Å². The zero-order valence-corrected chi connectivity index (χ0v) is 12.7. The maximum atomic E-state index is 13.9. The van der Waals surface area contributed by atoms with Crippen LogP contribution in [0.2, 0.25) is 0 Å². The minimum atomic E-state index is -3.40. The number of benzene rings is 1. The summed E-state index contributed by atoms with van der Waals surface area (Å²) in [6, 6.07) is 6.20. The fraction of sp³-hybridized carbons (Fsp3) is 0.600. The predicted molar refractivity (Wildman–Crippen MR) is 77.7 cm³/mol. The lowest BCUT2D eigenvalue weighted by atomic mass is 9.92. The van der Waals surface area contributed by atoms with Crippen LogP contribution in [-0.4, -0.2) is 37.2 Å². The molecule has 0 aromatic heterocycles. The van der Waals surface area contributed by atoms with E-state index in [1.54, 1.807) is 18.2 Å². The number of halogens is 1. The smallest absolute Gasteiger partial charge is 0.217 e. The van der Waals surface area contributed by atoms with E-state index in [0.717, 1.165) is 25.7 Å². The lowest BCUT2D eigenvalue weighted by Gasteiger charge is -2.36. The van der Waals surface area contributed by atoms with Crippen molar-refractivity contribution in [1.29, 1.82) is 0 Å². The fourth-order valence-electron chi connectivity index (χ4n) is 3.24. The summed E-state index contributed by atoms with van der Waals surface area (Å²) in [5.41, 5.74) is 0.423. The molecule has 1 aromatic rings. The molecule has 0 radical (unpaired) electrons. The van der Waals surface area contributed by atoms with E-state index in [-0.39, 0.29) is 36.9 Å². The monoisotopic (exact) mass is 313 g/mol. The SMILES string of the molecule is O=S1(=O)CCO[C@H]2CCCC[C@@H]2N1Cc1ccccc1F. The maximum Gasteiger partial charge on any atom is 0.217 e. The van der Waals surface area contributed by atoms with Crippen molar-refractivity contribution in [2.45, 2.75) is 44.4 Å². The highest BCUT2D eigenvalue weighted by Crippen LogP contribution is 2.31. The quantitative estimate of drug-likeness (QED) is 0.841. The molecular formula is C15H20FNO3S. The Morgan fingerprint density at radius 3 is 2.81 bits per heavy atom. The van der Waals surface area contributed by atoms with Gasteiger partial charge in [-0.1, -0.05) is 31.0 Å². The van der Waals surface area contributed by atoms with Crippen LogP contribution in [0.25, 0.3) is 0 Å². The first-order valence-electron chi connectivity index (χ1n) is 7.42. The second-order valence-corrected chi connectivity index (χ2v) is 7.75. The molecule has 2 aliphatic rings. The number of hydrogen-bond acceptors (Lipinski definition) is 3. The summed E-state index contributed by atoms with van der Waals surface area (Å²) in [6.07, 6.45) is 3.68. The molecule has 0 unspecified atom stereocenters. The van der Waals surface area contributed by atoms with Crippen molar-refractivity contribution in [2.24, 2.45) is 0 Å². The van der Waals surface area contributed by atoms with Gasteiger partial charge in [-0.05, 0) is 18.9 Å². The molecule has 1 heterocycles. The first kappa shape index (κ1) is 14.9. The Balaban J connectivity index is 1.92. The standard InChI is InChI=1S/C15H20FNO3S/c16-13-6-2-1-5-12(13)11-17-14-7-3-4-8-15(14)20-9-10-21(17,18)19/h1-2,5-6,14-15H,3-4,7-11H2/t14-,15-/m0/s1. The van der Waals surface area contributed by atoms with Gasteiger partial charge >= 0.3 is 0 Å². The number of fused-ring (bicyclic) bond motifs is 1. The van der Waals surface area contributed by atoms with Crippen LogP contribution >= 0.6 is 0 Å². The average molecular weight is 313 g/mol. The number of sulfonamides is 1. The number of rotatable bonds is 2. The minimum absolute atomic E-state index is 0.0194. The molecular weight excluding hydrogens is 293 g/mol. The third-order valence-corrected chi connectivity index (χ3v) is 6.15. The second-order valence-electron chi connectivity index (χ2n) is 5.71. The van der Waals surface area contributed by atoms with Crippen LogP contribution < -0.4 is 0 Å². The molecule has 4 nitrogen and oxygen atoms in total. The second kappa shape index (κ2) is 6.02. The first-order valence-corrected chi connectivity index (χ1v) is 9.03. The van der Waals surface area contributed by atoms with E-state index in [4.69, 9.17) is 4.74 Å². The van der Waals surface area contributed by atoms with Crippen molar-refractivity contribution in [2.75, 3.05) is 12.4 Å². The van der Waals surface area contributed by atoms with Gasteiger partial charge in [0, 0.05) is 12.1 Å². The van der Waals surface area contributed by atoms with Gasteiger partial charge in [0.15, 0.2) is 0 Å². The fourth-order valence-corrected chi connectivity index (χ4v) is 4.77. The third-order valence-electron chi connectivity index (χ3n) is 4.35. The van der Waals surface area contributed by atoms with Crippen molar-refractivity contribution < 1.29 is 17.5 Å². The van der Waals surface area contributed by atoms with E-state index in [1.807, 2.05) is 0 Å². The zero-order valence-electron chi connectivity index (χ0n) is 11.9. The van der Waals surface area contributed by atoms with Crippen molar-refractivity contribution in [1.82, 2.24) is 4.31 Å². The molecule has 2 atom stereocenters. The van der Waals surface area contributed by atoms with Crippen LogP contribution in [-0.2, 0) is 21.3 Å². The van der Waals surface area contributed by atoms with Crippen molar-refractivity contribution in [3.8, 4) is 0 Å². The molecule has 1 aliphatic carbocycles. The topological polar surface area (TPSA) is 46.6 Å². The lowest BCUT2D eigenvalue weighted by molar-refractivity contribution is -0.00116. The Morgan fingerprint density at radius 1 is 1.24 bits per heavy atom. The number of hydrogen-bond donors (Lipinski definition) is 0. The average Bonchev–Trinajstić information content (AvgIpc) is 2.58. The van der Waals surface area contributed by atoms with E-state index in [9.17, 15) is 12.8 Å². The lowest BCUT2D eigenvalue weighted by Crippen LogP contribution is -2.47. The Morgan fingerprint density at radius 2 is 2.00 bits per heavy atom. The molecule has 1 saturated carbocycles. The summed E-state index contributed by atoms with van der Waals surface area (Å²) in [5.74, 6) is -0.376. The van der Waals surface area contributed by atoms with Gasteiger partial charge in [0.05, 0.1) is 24.5 Å². The highest BCUT2D eigenvalue weighted by atomic mass is 32.2. The van der Waals surface area contributed by atoms with E-state index in [0.29, 0.717) is 5.56 Å². The zero-order chi connectivity index (χ0) is 14.9. The number of ether oxygens (including phenoxy) is 1. The Labute approximate surface area is 125 Å². The van der Waals surface area contributed by atoms with E-state index >= 15 is 0 Å². The molecule has 21 heavy (non-hydrogen) atoms. The normalized spacial score (nSPS) is 29.6. The van der Waals surface area contributed by atoms with Gasteiger partial charge in [-0.15, -0.1) is 0 Å². The van der Waals surface area contributed by atoms with Crippen molar-refractivity contribution in [3.05, 3.63) is 35.6 Å². The molecule has 1 aliphatic heterocycles. The predicted octanol–water partition coefficient (Wildman–Crippen LogP) is 2.30. The molecule has 1 saturated heterocycles. The molecule has 3 rings (SSSR count). The van der Waals surface area contributed by atoms with Crippen LogP contribution in [0.1, 0.15) is 31.2 Å². The van der Waals surface area contributed by atoms with Crippen LogP contribution in [0.5, 0.6) is 0 Å². The summed E-state index contributed by atoms with van der Waals surface area (Å²) >= 11 is 0. The summed E-state index contributed by atoms with van der Waals surface area (Å²) in [7, 11) is -3.40. The Kier molecular flexibility index (Phi) is 4.28. The summed E-state index contributed by atoms with van der Waals surface area (Å²) < 4.78 is 46.1. The van der Waals surface area contributed by atoms with Gasteiger partial charge in [0.1, 0.15) is 5.82 Å². The molecule has 1 aromatic carbocycles. The van der Waals surface area contributed by atoms with Crippen molar-refractivity contribution in [3.63, 3.8) is 0 Å². The van der Waals surface area contributed by atoms with Gasteiger partial charge in [0.2, 0.25) is 10.0 Å². The highest BCUT2D eigenvalue weighted by molar-refractivity contribution is 7.89. The van der Waals surface area contributed by atoms with Gasteiger partial charge in [-0.3, -0.25) is 0 Å². The van der Waals surface area contributed by atoms with Gasteiger partial charge < -0.3 is 4.74 Å². The van der Waals surface area contributed by atoms with Crippen molar-refractivity contribution >= 4 is 10.0 Å². The van der Waals surface area contributed by atoms with Crippen LogP contribution in [0.4, 0.5) is 4.39 Å². The van der Waals surface area contributed by atoms with Gasteiger partial charge in [-0.2, -0.15) is 4.31 Å². The molecule has 0 spiro atoms. The minimum Gasteiger partial charge on any atom is -0.375 e. The Hall–Kier alpha value is -0.980.